The van der Waals surface area contributed by atoms with Crippen molar-refractivity contribution in [1.82, 2.24) is 14.9 Å². The Balaban J connectivity index is 1.68. The SMILES string of the molecule is COc1ccc(CN(C(=O)C(N)Cc2c(C)cc(C(=O)[AsH2])cc2C)C(C)c2nc(-c3ccccc3)c[nH]2)cc1C(=O)O. The van der Waals surface area contributed by atoms with E-state index in [1.165, 1.54) is 13.2 Å². The summed E-state index contributed by atoms with van der Waals surface area (Å²) < 4.78 is 5.25. The summed E-state index contributed by atoms with van der Waals surface area (Å²) in [4.78, 5) is 47.5. The Hall–Kier alpha value is -4.20. The third-order valence-electron chi connectivity index (χ3n) is 7.38. The van der Waals surface area contributed by atoms with Gasteiger partial charge in [-0.3, -0.25) is 0 Å². The van der Waals surface area contributed by atoms with E-state index in [0.717, 1.165) is 44.8 Å². The number of hydrogen-bond donors (Lipinski definition) is 3. The zero-order chi connectivity index (χ0) is 30.6. The predicted octanol–water partition coefficient (Wildman–Crippen LogP) is 3.83. The Morgan fingerprint density at radius 2 is 1.74 bits per heavy atom. The summed E-state index contributed by atoms with van der Waals surface area (Å²) in [7, 11) is 1.41. The smallest absolute Gasteiger partial charge is 0.478 e. The van der Waals surface area contributed by atoms with E-state index < -0.39 is 18.1 Å². The minimum Gasteiger partial charge on any atom is -0.478 e. The second-order valence-corrected chi connectivity index (χ2v) is 11.4. The van der Waals surface area contributed by atoms with Gasteiger partial charge in [0.15, 0.2) is 0 Å². The molecule has 1 amide bonds. The molecule has 9 nitrogen and oxygen atoms in total. The second-order valence-electron chi connectivity index (χ2n) is 10.3. The van der Waals surface area contributed by atoms with Crippen LogP contribution in [0.25, 0.3) is 11.3 Å². The molecule has 3 aromatic carbocycles. The van der Waals surface area contributed by atoms with Crippen molar-refractivity contribution in [2.45, 2.75) is 45.8 Å². The van der Waals surface area contributed by atoms with Crippen molar-refractivity contribution in [2.75, 3.05) is 7.11 Å². The topological polar surface area (TPSA) is 139 Å². The van der Waals surface area contributed by atoms with Crippen LogP contribution in [0.5, 0.6) is 5.75 Å². The van der Waals surface area contributed by atoms with Crippen LogP contribution >= 0.6 is 0 Å². The van der Waals surface area contributed by atoms with Gasteiger partial charge in [0.2, 0.25) is 0 Å². The monoisotopic (exact) mass is 630 g/mol. The number of amides is 1. The van der Waals surface area contributed by atoms with Gasteiger partial charge in [-0.2, -0.15) is 0 Å². The van der Waals surface area contributed by atoms with E-state index in [1.54, 1.807) is 23.2 Å². The summed E-state index contributed by atoms with van der Waals surface area (Å²) >= 11 is 1.03. The van der Waals surface area contributed by atoms with Crippen molar-refractivity contribution in [3.05, 3.63) is 106 Å². The van der Waals surface area contributed by atoms with Crippen LogP contribution < -0.4 is 10.5 Å². The first kappa shape index (κ1) is 30.8. The van der Waals surface area contributed by atoms with Gasteiger partial charge in [0, 0.05) is 11.8 Å². The fraction of sp³-hybridized carbons (Fsp3) is 0.250. The third-order valence-corrected chi connectivity index (χ3v) is 8.08. The summed E-state index contributed by atoms with van der Waals surface area (Å²) in [6.07, 6.45) is 2.07. The van der Waals surface area contributed by atoms with Crippen LogP contribution in [0.15, 0.2) is 66.9 Å². The summed E-state index contributed by atoms with van der Waals surface area (Å²) in [6.45, 7) is 5.79. The molecule has 218 valence electrons. The normalized spacial score (nSPS) is 12.4. The number of nitrogens with one attached hydrogen (secondary N) is 1. The zero-order valence-corrected chi connectivity index (χ0v) is 26.5. The number of carbonyl (C=O) groups is 3. The van der Waals surface area contributed by atoms with Crippen molar-refractivity contribution in [1.29, 1.82) is 0 Å². The number of nitrogens with two attached hydrogens (primary N) is 1. The summed E-state index contributed by atoms with van der Waals surface area (Å²) in [5.41, 5.74) is 12.2. The van der Waals surface area contributed by atoms with Crippen LogP contribution in [-0.2, 0) is 17.8 Å². The molecule has 1 heterocycles. The van der Waals surface area contributed by atoms with Gasteiger partial charge in [0.1, 0.15) is 11.3 Å². The second kappa shape index (κ2) is 13.2. The fourth-order valence-corrected chi connectivity index (χ4v) is 5.41. The Kier molecular flexibility index (Phi) is 9.66. The molecule has 4 N–H and O–H groups in total. The molecule has 0 radical (unpaired) electrons. The van der Waals surface area contributed by atoms with E-state index in [0.29, 0.717) is 17.0 Å². The number of methoxy groups -OCH3 is 1. The van der Waals surface area contributed by atoms with Gasteiger partial charge in [-0.1, -0.05) is 30.3 Å². The number of nitrogens with zero attached hydrogens (tertiary/aromatic N) is 2. The molecular weight excluding hydrogens is 595 g/mol. The van der Waals surface area contributed by atoms with Crippen LogP contribution in [0.1, 0.15) is 61.8 Å². The number of imidazole rings is 1. The number of H-pyrrole nitrogens is 1. The molecule has 0 bridgehead atoms. The van der Waals surface area contributed by atoms with Crippen molar-refractivity contribution in [2.24, 2.45) is 5.73 Å². The molecule has 0 spiro atoms. The van der Waals surface area contributed by atoms with Gasteiger partial charge in [0.25, 0.3) is 0 Å². The standard InChI is InChI=1S/C32H35AsN4O5/c1-18-12-23(29(33)38)13-19(2)24(18)15-26(34)31(39)37(17-21-10-11-28(42-4)25(14-21)32(40)41)20(3)30-35-16-27(36-30)22-8-6-5-7-9-22/h5-14,16,20,26H,15,17,33-34H2,1-4H3,(H,35,36)(H,40,41). The average Bonchev–Trinajstić information content (AvgIpc) is 3.47. The molecule has 3 atom stereocenters. The number of carboxylic acid groups (broad SMARTS) is 1. The molecule has 0 aliphatic rings. The van der Waals surface area contributed by atoms with E-state index in [4.69, 9.17) is 15.5 Å². The summed E-state index contributed by atoms with van der Waals surface area (Å²) in [5.74, 6) is -0.642. The first-order chi connectivity index (χ1) is 20.0. The number of aromatic amines is 1. The van der Waals surface area contributed by atoms with Crippen molar-refractivity contribution in [3.63, 3.8) is 0 Å². The molecule has 3 unspecified atom stereocenters. The number of aryl methyl sites for hydroxylation is 2. The molecule has 0 aliphatic carbocycles. The number of hydrogen-bond acceptors (Lipinski definition) is 6. The maximum atomic E-state index is 14.0. The van der Waals surface area contributed by atoms with Crippen LogP contribution in [0.3, 0.4) is 0 Å². The molecule has 10 heteroatoms. The quantitative estimate of drug-likeness (QED) is 0.214. The number of aromatic nitrogens is 2. The number of rotatable bonds is 11. The summed E-state index contributed by atoms with van der Waals surface area (Å²) in [6, 6.07) is 16.8. The molecular formula is C32H35AsN4O5. The minimum atomic E-state index is -1.13. The van der Waals surface area contributed by atoms with Gasteiger partial charge < -0.3 is 9.84 Å². The molecule has 1 aromatic heterocycles. The first-order valence-electron chi connectivity index (χ1n) is 13.5. The maximum absolute atomic E-state index is 14.0. The minimum absolute atomic E-state index is 0.00176. The van der Waals surface area contributed by atoms with Crippen LogP contribution in [0.2, 0.25) is 0 Å². The van der Waals surface area contributed by atoms with Crippen molar-refractivity contribution in [3.8, 4) is 17.0 Å². The Bertz CT molecular complexity index is 1600. The first-order valence-corrected chi connectivity index (χ1v) is 14.7. The van der Waals surface area contributed by atoms with E-state index in [-0.39, 0.29) is 34.8 Å². The van der Waals surface area contributed by atoms with Gasteiger partial charge in [-0.25, -0.2) is 4.79 Å². The fourth-order valence-electron chi connectivity index (χ4n) is 5.06. The van der Waals surface area contributed by atoms with E-state index in [9.17, 15) is 19.5 Å². The van der Waals surface area contributed by atoms with Gasteiger partial charge in [-0.15, -0.1) is 0 Å². The molecule has 0 saturated carbocycles. The molecule has 4 aromatic rings. The summed E-state index contributed by atoms with van der Waals surface area (Å²) in [5, 5.41) is 9.71. The van der Waals surface area contributed by atoms with Gasteiger partial charge in [-0.05, 0) is 6.07 Å². The van der Waals surface area contributed by atoms with Gasteiger partial charge in [0.05, 0.1) is 12.8 Å². The van der Waals surface area contributed by atoms with Crippen LogP contribution in [0.4, 0.5) is 0 Å². The Morgan fingerprint density at radius 1 is 1.07 bits per heavy atom. The molecule has 0 aliphatic heterocycles. The van der Waals surface area contributed by atoms with E-state index in [2.05, 4.69) is 4.98 Å². The number of aromatic carboxylic acids is 1. The van der Waals surface area contributed by atoms with E-state index in [1.807, 2.05) is 63.2 Å². The number of carboxylic acids is 1. The average molecular weight is 631 g/mol. The molecule has 4 rings (SSSR count). The zero-order valence-electron chi connectivity index (χ0n) is 24.0. The van der Waals surface area contributed by atoms with Gasteiger partial charge >= 0.3 is 167 Å². The van der Waals surface area contributed by atoms with Crippen molar-refractivity contribution >= 4 is 33.3 Å². The van der Waals surface area contributed by atoms with Crippen molar-refractivity contribution < 1.29 is 24.2 Å². The molecule has 0 saturated heterocycles. The number of benzene rings is 3. The van der Waals surface area contributed by atoms with Crippen LogP contribution in [0, 0.1) is 13.8 Å². The van der Waals surface area contributed by atoms with E-state index >= 15 is 0 Å². The Morgan fingerprint density at radius 3 is 2.33 bits per heavy atom. The third kappa shape index (κ3) is 6.81. The molecule has 0 fully saturated rings. The number of ether oxygens (including phenoxy) is 1. The Labute approximate surface area is 253 Å². The van der Waals surface area contributed by atoms with Crippen LogP contribution in [-0.4, -0.2) is 66.4 Å². The predicted molar refractivity (Wildman–Crippen MR) is 163 cm³/mol. The molecule has 42 heavy (non-hydrogen) atoms. The number of carbonyl (C=O) groups excluding carboxylic acids is 2.